The van der Waals surface area contributed by atoms with Crippen molar-refractivity contribution in [1.29, 1.82) is 0 Å². The quantitative estimate of drug-likeness (QED) is 0.371. The summed E-state index contributed by atoms with van der Waals surface area (Å²) in [5.41, 5.74) is 6.69. The fourth-order valence-corrected chi connectivity index (χ4v) is 5.23. The van der Waals surface area contributed by atoms with E-state index in [1.165, 1.54) is 5.46 Å². The van der Waals surface area contributed by atoms with Crippen LogP contribution in [0.4, 0.5) is 17.1 Å². The molecule has 0 aromatic heterocycles. The molecule has 4 aromatic carbocycles. The first-order valence-electron chi connectivity index (χ1n) is 9.74. The van der Waals surface area contributed by atoms with Gasteiger partial charge in [-0.05, 0) is 54.0 Å². The second-order valence-electron chi connectivity index (χ2n) is 7.72. The molecule has 0 spiro atoms. The van der Waals surface area contributed by atoms with Gasteiger partial charge < -0.3 is 19.1 Å². The van der Waals surface area contributed by atoms with Crippen LogP contribution in [0.25, 0.3) is 0 Å². The van der Waals surface area contributed by atoms with Crippen LogP contribution in [0.5, 0.6) is 34.5 Å². The van der Waals surface area contributed by atoms with Crippen molar-refractivity contribution in [3.8, 4) is 34.5 Å². The summed E-state index contributed by atoms with van der Waals surface area (Å²) in [6, 6.07) is 24.5. The van der Waals surface area contributed by atoms with Crippen molar-refractivity contribution in [3.05, 3.63) is 72.8 Å². The average Bonchev–Trinajstić information content (AvgIpc) is 2.77. The van der Waals surface area contributed by atoms with Gasteiger partial charge in [-0.25, -0.2) is 0 Å². The van der Waals surface area contributed by atoms with Crippen molar-refractivity contribution in [2.75, 3.05) is 4.90 Å². The highest BCUT2D eigenvalue weighted by Gasteiger charge is 2.49. The van der Waals surface area contributed by atoms with Crippen LogP contribution >= 0.6 is 0 Å². The van der Waals surface area contributed by atoms with Crippen LogP contribution < -0.4 is 35.5 Å². The molecule has 0 radical (unpaired) electrons. The molecule has 29 heavy (non-hydrogen) atoms. The molecule has 5 heteroatoms. The van der Waals surface area contributed by atoms with Crippen molar-refractivity contribution in [1.82, 2.24) is 0 Å². The number of nitrogens with zero attached hydrogens (tertiary/aromatic N) is 1. The summed E-state index contributed by atoms with van der Waals surface area (Å²) in [6.07, 6.45) is 0. The summed E-state index contributed by atoms with van der Waals surface area (Å²) in [5.74, 6) is 5.23. The van der Waals surface area contributed by atoms with Crippen molar-refractivity contribution in [2.24, 2.45) is 0 Å². The molecule has 0 saturated heterocycles. The van der Waals surface area contributed by atoms with Gasteiger partial charge in [0.25, 0.3) is 6.71 Å². The highest BCUT2D eigenvalue weighted by molar-refractivity contribution is 7.00. The smallest absolute Gasteiger partial charge is 0.266 e. The Morgan fingerprint density at radius 1 is 0.483 bits per heavy atom. The topological polar surface area (TPSA) is 30.9 Å². The van der Waals surface area contributed by atoms with Crippen LogP contribution in [-0.4, -0.2) is 6.71 Å². The van der Waals surface area contributed by atoms with E-state index < -0.39 is 0 Å². The zero-order valence-electron chi connectivity index (χ0n) is 15.2. The van der Waals surface area contributed by atoms with Gasteiger partial charge >= 0.3 is 0 Å². The van der Waals surface area contributed by atoms with Crippen molar-refractivity contribution in [3.63, 3.8) is 0 Å². The molecule has 0 N–H and O–H groups in total. The third kappa shape index (κ3) is 1.52. The lowest BCUT2D eigenvalue weighted by molar-refractivity contribution is 0.457. The Labute approximate surface area is 167 Å². The molecule has 134 valence electrons. The highest BCUT2D eigenvalue weighted by Crippen LogP contribution is 2.54. The van der Waals surface area contributed by atoms with Gasteiger partial charge in [-0.15, -0.1) is 0 Å². The molecule has 0 amide bonds. The lowest BCUT2D eigenvalue weighted by atomic mass is 9.33. The van der Waals surface area contributed by atoms with Crippen LogP contribution in [0.1, 0.15) is 0 Å². The molecular weight excluding hydrogens is 361 g/mol. The van der Waals surface area contributed by atoms with Crippen LogP contribution in [0.2, 0.25) is 0 Å². The Balaban J connectivity index is 1.57. The molecule has 0 fully saturated rings. The molecule has 0 saturated carbocycles. The fraction of sp³-hybridized carbons (Fsp3) is 0. The van der Waals surface area contributed by atoms with Gasteiger partial charge in [0.1, 0.15) is 23.0 Å². The maximum atomic E-state index is 6.35. The largest absolute Gasteiger partial charge is 0.458 e. The molecule has 0 aliphatic carbocycles. The van der Waals surface area contributed by atoms with Gasteiger partial charge in [0, 0.05) is 16.6 Å². The SMILES string of the molecule is c1ccc2c(c1)Oc1ccc3c4c1N2c1cccc2c1B4c1c(cccc1O3)O2. The predicted molar refractivity (Wildman–Crippen MR) is 112 cm³/mol. The first-order valence-corrected chi connectivity index (χ1v) is 9.74. The summed E-state index contributed by atoms with van der Waals surface area (Å²) >= 11 is 0. The van der Waals surface area contributed by atoms with E-state index in [0.717, 1.165) is 62.5 Å². The minimum Gasteiger partial charge on any atom is -0.458 e. The molecule has 0 unspecified atom stereocenters. The summed E-state index contributed by atoms with van der Waals surface area (Å²) in [4.78, 5) is 2.30. The standard InChI is InChI=1S/C24H12BNO3/c1-2-7-15-13(5-1)26-14-6-3-8-16-21(14)25-22-17(28-16)9-4-10-18(22)29-19-11-12-20(27-15)24(26)23(19)25/h1-12H. The highest BCUT2D eigenvalue weighted by atomic mass is 16.5. The first kappa shape index (κ1) is 14.2. The molecule has 4 aromatic rings. The van der Waals surface area contributed by atoms with Gasteiger partial charge in [-0.3, -0.25) is 0 Å². The average molecular weight is 373 g/mol. The number of ether oxygens (including phenoxy) is 3. The zero-order valence-corrected chi connectivity index (χ0v) is 15.2. The number of hydrogen-bond acceptors (Lipinski definition) is 4. The summed E-state index contributed by atoms with van der Waals surface area (Å²) < 4.78 is 19.0. The third-order valence-corrected chi connectivity index (χ3v) is 6.31. The molecule has 8 rings (SSSR count). The monoisotopic (exact) mass is 373 g/mol. The maximum Gasteiger partial charge on any atom is 0.266 e. The molecule has 4 nitrogen and oxygen atoms in total. The minimum absolute atomic E-state index is 0.0740. The number of hydrogen-bond donors (Lipinski definition) is 0. The van der Waals surface area contributed by atoms with Crippen molar-refractivity contribution < 1.29 is 14.2 Å². The molecule has 4 heterocycles. The van der Waals surface area contributed by atoms with Gasteiger partial charge in [0.2, 0.25) is 0 Å². The summed E-state index contributed by atoms with van der Waals surface area (Å²) in [5, 5.41) is 0. The number of para-hydroxylation sites is 2. The first-order chi connectivity index (χ1) is 14.4. The second kappa shape index (κ2) is 4.58. The Morgan fingerprint density at radius 2 is 1.07 bits per heavy atom. The molecule has 0 bridgehead atoms. The normalized spacial score (nSPS) is 14.9. The predicted octanol–water partition coefficient (Wildman–Crippen LogP) is 4.30. The zero-order chi connectivity index (χ0) is 18.7. The van der Waals surface area contributed by atoms with E-state index in [0.29, 0.717) is 0 Å². The van der Waals surface area contributed by atoms with Gasteiger partial charge in [-0.1, -0.05) is 24.3 Å². The lowest BCUT2D eigenvalue weighted by Crippen LogP contribution is -2.61. The van der Waals surface area contributed by atoms with Crippen LogP contribution in [-0.2, 0) is 0 Å². The minimum atomic E-state index is 0.0740. The Bertz CT molecular complexity index is 1400. The number of benzene rings is 4. The van der Waals surface area contributed by atoms with Crippen molar-refractivity contribution in [2.45, 2.75) is 0 Å². The molecule has 4 aliphatic rings. The van der Waals surface area contributed by atoms with Gasteiger partial charge in [0.15, 0.2) is 11.5 Å². The van der Waals surface area contributed by atoms with Crippen LogP contribution in [0.3, 0.4) is 0 Å². The molecule has 4 aliphatic heterocycles. The van der Waals surface area contributed by atoms with Gasteiger partial charge in [0.05, 0.1) is 11.4 Å². The Kier molecular flexibility index (Phi) is 2.24. The Hall–Kier alpha value is -3.86. The Morgan fingerprint density at radius 3 is 1.93 bits per heavy atom. The summed E-state index contributed by atoms with van der Waals surface area (Å²) in [7, 11) is 0. The van der Waals surface area contributed by atoms with Crippen LogP contribution in [0, 0.1) is 0 Å². The van der Waals surface area contributed by atoms with E-state index in [9.17, 15) is 0 Å². The van der Waals surface area contributed by atoms with Crippen LogP contribution in [0.15, 0.2) is 72.8 Å². The fourth-order valence-electron chi connectivity index (χ4n) is 5.23. The van der Waals surface area contributed by atoms with Crippen molar-refractivity contribution >= 4 is 40.2 Å². The summed E-state index contributed by atoms with van der Waals surface area (Å²) in [6.45, 7) is 0.0740. The van der Waals surface area contributed by atoms with E-state index in [1.54, 1.807) is 0 Å². The van der Waals surface area contributed by atoms with E-state index in [2.05, 4.69) is 29.2 Å². The van der Waals surface area contributed by atoms with E-state index in [-0.39, 0.29) is 6.71 Å². The molecule has 0 atom stereocenters. The number of fused-ring (bicyclic) bond motifs is 3. The number of rotatable bonds is 0. The molecular formula is C24H12BNO3. The number of anilines is 3. The van der Waals surface area contributed by atoms with E-state index >= 15 is 0 Å². The lowest BCUT2D eigenvalue weighted by Gasteiger charge is -2.44. The van der Waals surface area contributed by atoms with Gasteiger partial charge in [-0.2, -0.15) is 0 Å². The second-order valence-corrected chi connectivity index (χ2v) is 7.72. The maximum absolute atomic E-state index is 6.35. The van der Waals surface area contributed by atoms with E-state index in [4.69, 9.17) is 14.2 Å². The van der Waals surface area contributed by atoms with E-state index in [1.807, 2.05) is 48.5 Å². The third-order valence-electron chi connectivity index (χ3n) is 6.31.